The van der Waals surface area contributed by atoms with Gasteiger partial charge in [-0.25, -0.2) is 0 Å². The molecule has 5 nitrogen and oxygen atoms in total. The van der Waals surface area contributed by atoms with Crippen LogP contribution in [0.3, 0.4) is 0 Å². The summed E-state index contributed by atoms with van der Waals surface area (Å²) in [5, 5.41) is 11.2. The lowest BCUT2D eigenvalue weighted by atomic mass is 10.1. The first kappa shape index (κ1) is 21.8. The lowest BCUT2D eigenvalue weighted by Gasteiger charge is -2.16. The van der Waals surface area contributed by atoms with Crippen molar-refractivity contribution < 1.29 is 14.7 Å². The van der Waals surface area contributed by atoms with Gasteiger partial charge in [0.1, 0.15) is 5.75 Å². The molecule has 1 saturated heterocycles. The van der Waals surface area contributed by atoms with Crippen molar-refractivity contribution >= 4 is 103 Å². The van der Waals surface area contributed by atoms with Gasteiger partial charge in [-0.1, -0.05) is 29.4 Å². The number of aryl methyl sites for hydroxylation is 1. The highest BCUT2D eigenvalue weighted by Gasteiger charge is 2.34. The van der Waals surface area contributed by atoms with E-state index in [2.05, 4.69) is 5.43 Å². The van der Waals surface area contributed by atoms with E-state index in [0.29, 0.717) is 17.1 Å². The number of carbonyl (C=O) groups is 2. The van der Waals surface area contributed by atoms with Crippen LogP contribution >= 0.6 is 80.8 Å². The topological polar surface area (TPSA) is 69.6 Å². The Hall–Kier alpha value is -0.890. The van der Waals surface area contributed by atoms with Crippen LogP contribution in [0.2, 0.25) is 5.02 Å². The third-order valence-electron chi connectivity index (χ3n) is 3.71. The molecule has 0 atom stereocenters. The minimum absolute atomic E-state index is 0.202. The van der Waals surface area contributed by atoms with E-state index >= 15 is 0 Å². The summed E-state index contributed by atoms with van der Waals surface area (Å²) < 4.78 is 1.57. The fraction of sp³-hybridized carbons (Fsp3) is 0.0556. The summed E-state index contributed by atoms with van der Waals surface area (Å²) in [6, 6.07) is 8.55. The lowest BCUT2D eigenvalue weighted by Crippen LogP contribution is -2.44. The smallest absolute Gasteiger partial charge is 0.285 e. The summed E-state index contributed by atoms with van der Waals surface area (Å²) >= 11 is 16.5. The molecule has 2 aromatic rings. The number of hydrazine groups is 1. The van der Waals surface area contributed by atoms with Crippen LogP contribution in [-0.2, 0) is 4.79 Å². The number of amides is 2. The summed E-state index contributed by atoms with van der Waals surface area (Å²) in [5.41, 5.74) is 4.45. The molecule has 2 amide bonds. The molecule has 28 heavy (non-hydrogen) atoms. The first-order valence-corrected chi connectivity index (χ1v) is 11.5. The van der Waals surface area contributed by atoms with E-state index in [1.807, 2.05) is 52.1 Å². The lowest BCUT2D eigenvalue weighted by molar-refractivity contribution is -0.123. The summed E-state index contributed by atoms with van der Waals surface area (Å²) in [6.07, 6.45) is 1.67. The van der Waals surface area contributed by atoms with E-state index in [1.165, 1.54) is 0 Å². The second-order valence-corrected chi connectivity index (χ2v) is 10.2. The molecule has 0 unspecified atom stereocenters. The summed E-state index contributed by atoms with van der Waals surface area (Å²) in [6.45, 7) is 1.87. The van der Waals surface area contributed by atoms with Gasteiger partial charge in [-0.3, -0.25) is 15.0 Å². The number of phenols is 1. The maximum atomic E-state index is 12.7. The number of phenolic OH excluding ortho intramolecular Hbond substituents is 1. The zero-order chi connectivity index (χ0) is 20.6. The molecule has 144 valence electrons. The van der Waals surface area contributed by atoms with Gasteiger partial charge in [-0.2, -0.15) is 5.01 Å². The molecule has 1 heterocycles. The average molecular weight is 657 g/mol. The number of hydrogen-bond donors (Lipinski definition) is 2. The molecular weight excluding hydrogens is 646 g/mol. The molecule has 0 bridgehead atoms. The minimum atomic E-state index is -0.517. The van der Waals surface area contributed by atoms with Crippen LogP contribution in [-0.4, -0.2) is 26.3 Å². The van der Waals surface area contributed by atoms with Gasteiger partial charge in [0.25, 0.3) is 11.8 Å². The first-order chi connectivity index (χ1) is 13.2. The number of thiocarbonyl (C=S) groups is 1. The van der Waals surface area contributed by atoms with Gasteiger partial charge in [-0.05, 0) is 106 Å². The summed E-state index contributed by atoms with van der Waals surface area (Å²) in [7, 11) is 0. The zero-order valence-electron chi connectivity index (χ0n) is 14.1. The maximum Gasteiger partial charge on any atom is 0.285 e. The maximum absolute atomic E-state index is 12.7. The number of hydrogen-bond acceptors (Lipinski definition) is 5. The Labute approximate surface area is 203 Å². The van der Waals surface area contributed by atoms with E-state index in [1.54, 1.807) is 36.4 Å². The molecule has 0 spiro atoms. The van der Waals surface area contributed by atoms with E-state index < -0.39 is 11.8 Å². The molecule has 0 aromatic heterocycles. The van der Waals surface area contributed by atoms with E-state index in [9.17, 15) is 14.7 Å². The van der Waals surface area contributed by atoms with Gasteiger partial charge in [0.15, 0.2) is 4.32 Å². The van der Waals surface area contributed by atoms with Crippen molar-refractivity contribution in [2.24, 2.45) is 0 Å². The highest BCUT2D eigenvalue weighted by molar-refractivity contribution is 14.1. The third kappa shape index (κ3) is 4.64. The Balaban J connectivity index is 1.83. The summed E-state index contributed by atoms with van der Waals surface area (Å²) in [5.74, 6) is -0.742. The fourth-order valence-corrected chi connectivity index (χ4v) is 5.67. The SMILES string of the molecule is Cc1ccc(C(=O)NN2C(=O)/C(=C\c3cc(I)c(O)c(I)c3)SC2=S)c(Cl)c1. The Morgan fingerprint density at radius 1 is 1.29 bits per heavy atom. The minimum Gasteiger partial charge on any atom is -0.506 e. The van der Waals surface area contributed by atoms with Crippen molar-refractivity contribution in [2.75, 3.05) is 0 Å². The quantitative estimate of drug-likeness (QED) is 0.273. The average Bonchev–Trinajstić information content (AvgIpc) is 2.87. The van der Waals surface area contributed by atoms with Crippen LogP contribution in [0.5, 0.6) is 5.75 Å². The molecule has 0 saturated carbocycles. The molecular formula is C18H11ClI2N2O3S2. The predicted molar refractivity (Wildman–Crippen MR) is 132 cm³/mol. The second kappa shape index (κ2) is 8.86. The van der Waals surface area contributed by atoms with Crippen molar-refractivity contribution in [1.29, 1.82) is 0 Å². The Morgan fingerprint density at radius 3 is 2.54 bits per heavy atom. The van der Waals surface area contributed by atoms with Crippen molar-refractivity contribution in [3.8, 4) is 5.75 Å². The number of nitrogens with zero attached hydrogens (tertiary/aromatic N) is 1. The number of nitrogens with one attached hydrogen (secondary N) is 1. The standard InChI is InChI=1S/C18H11ClI2N2O3S2/c1-8-2-3-10(11(19)4-8)16(25)22-23-17(26)14(28-18(23)27)7-9-5-12(20)15(24)13(21)6-9/h2-7,24H,1H3,(H,22,25)/b14-7+. The van der Waals surface area contributed by atoms with E-state index in [-0.39, 0.29) is 15.6 Å². The number of rotatable bonds is 3. The molecule has 2 aromatic carbocycles. The van der Waals surface area contributed by atoms with Gasteiger partial charge in [0.2, 0.25) is 0 Å². The monoisotopic (exact) mass is 656 g/mol. The normalized spacial score (nSPS) is 15.4. The van der Waals surface area contributed by atoms with Crippen molar-refractivity contribution in [3.05, 3.63) is 64.1 Å². The number of aromatic hydroxyl groups is 1. The largest absolute Gasteiger partial charge is 0.506 e. The highest BCUT2D eigenvalue weighted by Crippen LogP contribution is 2.34. The van der Waals surface area contributed by atoms with Crippen molar-refractivity contribution in [2.45, 2.75) is 6.92 Å². The molecule has 1 aliphatic heterocycles. The molecule has 0 radical (unpaired) electrons. The third-order valence-corrected chi connectivity index (χ3v) is 6.97. The Morgan fingerprint density at radius 2 is 1.93 bits per heavy atom. The summed E-state index contributed by atoms with van der Waals surface area (Å²) in [4.78, 5) is 25.6. The van der Waals surface area contributed by atoms with Crippen LogP contribution in [0.1, 0.15) is 21.5 Å². The number of benzene rings is 2. The van der Waals surface area contributed by atoms with Gasteiger partial charge in [0.05, 0.1) is 22.6 Å². The van der Waals surface area contributed by atoms with E-state index in [4.69, 9.17) is 23.8 Å². The Kier molecular flexibility index (Phi) is 6.90. The van der Waals surface area contributed by atoms with E-state index in [0.717, 1.165) is 27.9 Å². The van der Waals surface area contributed by atoms with Crippen molar-refractivity contribution in [3.63, 3.8) is 0 Å². The van der Waals surface area contributed by atoms with Crippen molar-refractivity contribution in [1.82, 2.24) is 10.4 Å². The zero-order valence-corrected chi connectivity index (χ0v) is 20.8. The highest BCUT2D eigenvalue weighted by atomic mass is 127. The molecule has 2 N–H and O–H groups in total. The first-order valence-electron chi connectivity index (χ1n) is 7.70. The van der Waals surface area contributed by atoms with Gasteiger partial charge >= 0.3 is 0 Å². The Bertz CT molecular complexity index is 1040. The molecule has 0 aliphatic carbocycles. The number of halogens is 3. The van der Waals surface area contributed by atoms with Gasteiger partial charge in [-0.15, -0.1) is 0 Å². The molecule has 10 heteroatoms. The van der Waals surface area contributed by atoms with Crippen LogP contribution in [0.15, 0.2) is 35.2 Å². The van der Waals surface area contributed by atoms with Crippen LogP contribution in [0.25, 0.3) is 6.08 Å². The van der Waals surface area contributed by atoms with Gasteiger partial charge < -0.3 is 5.11 Å². The van der Waals surface area contributed by atoms with Gasteiger partial charge in [0, 0.05) is 0 Å². The molecule has 1 aliphatic rings. The van der Waals surface area contributed by atoms with Crippen LogP contribution in [0.4, 0.5) is 0 Å². The fourth-order valence-electron chi connectivity index (χ4n) is 2.35. The number of carbonyl (C=O) groups excluding carboxylic acids is 2. The predicted octanol–water partition coefficient (Wildman–Crippen LogP) is 5.11. The van der Waals surface area contributed by atoms with Crippen LogP contribution < -0.4 is 5.43 Å². The second-order valence-electron chi connectivity index (χ2n) is 5.77. The van der Waals surface area contributed by atoms with Crippen LogP contribution in [0, 0.1) is 14.1 Å². The number of thioether (sulfide) groups is 1. The molecule has 3 rings (SSSR count). The molecule has 1 fully saturated rings.